The first kappa shape index (κ1) is 15.0. The number of hydrogen-bond acceptors (Lipinski definition) is 3. The molecular weight excluding hydrogens is 444 g/mol. The molecule has 0 fully saturated rings. The lowest BCUT2D eigenvalue weighted by molar-refractivity contribution is 0.628. The van der Waals surface area contributed by atoms with Crippen molar-refractivity contribution in [3.63, 3.8) is 0 Å². The molecule has 0 aliphatic rings. The molecule has 2 heterocycles. The number of hydrogen-bond donors (Lipinski definition) is 2. The van der Waals surface area contributed by atoms with Crippen molar-refractivity contribution in [2.24, 2.45) is 0 Å². The summed E-state index contributed by atoms with van der Waals surface area (Å²) in [6, 6.07) is 6.14. The van der Waals surface area contributed by atoms with Gasteiger partial charge in [-0.15, -0.1) is 11.3 Å². The molecule has 0 saturated carbocycles. The first-order chi connectivity index (χ1) is 9.97. The van der Waals surface area contributed by atoms with Crippen molar-refractivity contribution in [1.29, 1.82) is 0 Å². The molecule has 2 aromatic heterocycles. The fraction of sp³-hybridized carbons (Fsp3) is 0. The summed E-state index contributed by atoms with van der Waals surface area (Å²) >= 11 is 14.6. The Morgan fingerprint density at radius 2 is 2.00 bits per heavy atom. The van der Waals surface area contributed by atoms with Crippen LogP contribution in [0.15, 0.2) is 31.8 Å². The lowest BCUT2D eigenvalue weighted by atomic mass is 10.0. The average molecular weight is 452 g/mol. The van der Waals surface area contributed by atoms with Crippen molar-refractivity contribution in [3.8, 4) is 22.4 Å². The van der Waals surface area contributed by atoms with Gasteiger partial charge in [-0.05, 0) is 56.1 Å². The van der Waals surface area contributed by atoms with Gasteiger partial charge in [-0.3, -0.25) is 5.10 Å². The van der Waals surface area contributed by atoms with E-state index in [0.717, 1.165) is 18.8 Å². The second-order valence-electron chi connectivity index (χ2n) is 4.22. The third kappa shape index (κ3) is 2.75. The van der Waals surface area contributed by atoms with E-state index >= 15 is 0 Å². The van der Waals surface area contributed by atoms with Crippen LogP contribution >= 0.6 is 54.8 Å². The second kappa shape index (κ2) is 5.72. The predicted molar refractivity (Wildman–Crippen MR) is 92.1 cm³/mol. The van der Waals surface area contributed by atoms with E-state index in [1.807, 2.05) is 6.07 Å². The van der Waals surface area contributed by atoms with Gasteiger partial charge in [0.1, 0.15) is 5.82 Å². The number of aromatic amines is 1. The molecule has 3 N–H and O–H groups in total. The third-order valence-corrected chi connectivity index (χ3v) is 5.57. The van der Waals surface area contributed by atoms with Crippen molar-refractivity contribution < 1.29 is 4.39 Å². The highest BCUT2D eigenvalue weighted by Gasteiger charge is 2.20. The molecule has 0 unspecified atom stereocenters. The Labute approximate surface area is 145 Å². The first-order valence-corrected chi connectivity index (χ1v) is 8.50. The van der Waals surface area contributed by atoms with Crippen LogP contribution < -0.4 is 5.73 Å². The molecule has 21 heavy (non-hydrogen) atoms. The number of rotatable bonds is 2. The third-order valence-electron chi connectivity index (χ3n) is 2.92. The molecular formula is C13H7Br2ClFN3S. The smallest absolute Gasteiger partial charge is 0.153 e. The monoisotopic (exact) mass is 449 g/mol. The number of aromatic nitrogens is 2. The Hall–Kier alpha value is -0.890. The van der Waals surface area contributed by atoms with Crippen molar-refractivity contribution >= 4 is 60.6 Å². The van der Waals surface area contributed by atoms with Gasteiger partial charge < -0.3 is 5.73 Å². The van der Waals surface area contributed by atoms with Crippen LogP contribution in [0.4, 0.5) is 10.2 Å². The van der Waals surface area contributed by atoms with Crippen LogP contribution in [0.2, 0.25) is 5.02 Å². The van der Waals surface area contributed by atoms with Gasteiger partial charge in [-0.25, -0.2) is 4.39 Å². The van der Waals surface area contributed by atoms with Gasteiger partial charge in [0.25, 0.3) is 0 Å². The van der Waals surface area contributed by atoms with E-state index in [2.05, 4.69) is 42.1 Å². The normalized spacial score (nSPS) is 11.0. The number of thiophene rings is 1. The number of H-pyrrole nitrogens is 1. The molecule has 1 aromatic carbocycles. The van der Waals surface area contributed by atoms with E-state index in [-0.39, 0.29) is 5.02 Å². The van der Waals surface area contributed by atoms with Crippen LogP contribution in [-0.4, -0.2) is 10.2 Å². The summed E-state index contributed by atoms with van der Waals surface area (Å²) < 4.78 is 15.1. The molecule has 3 aromatic rings. The Balaban J connectivity index is 2.24. The maximum Gasteiger partial charge on any atom is 0.153 e. The number of anilines is 1. The van der Waals surface area contributed by atoms with Crippen LogP contribution in [-0.2, 0) is 0 Å². The van der Waals surface area contributed by atoms with Crippen LogP contribution in [0.5, 0.6) is 0 Å². The van der Waals surface area contributed by atoms with E-state index in [9.17, 15) is 4.39 Å². The van der Waals surface area contributed by atoms with Crippen molar-refractivity contribution in [3.05, 3.63) is 42.7 Å². The van der Waals surface area contributed by atoms with Crippen LogP contribution in [0, 0.1) is 5.82 Å². The Morgan fingerprint density at radius 3 is 2.62 bits per heavy atom. The zero-order valence-corrected chi connectivity index (χ0v) is 15.0. The standard InChI is InChI=1S/C13H7Br2ClFN3S/c14-9-4-7(12(15)21-9)11-10(13(18)20-19-11)6-2-1-5(17)3-8(6)16/h1-4H,(H3,18,19,20). The topological polar surface area (TPSA) is 54.7 Å². The van der Waals surface area contributed by atoms with E-state index in [4.69, 9.17) is 17.3 Å². The summed E-state index contributed by atoms with van der Waals surface area (Å²) in [4.78, 5) is 0. The minimum absolute atomic E-state index is 0.287. The Kier molecular flexibility index (Phi) is 4.09. The van der Waals surface area contributed by atoms with Crippen molar-refractivity contribution in [2.45, 2.75) is 0 Å². The van der Waals surface area contributed by atoms with Gasteiger partial charge in [-0.1, -0.05) is 11.6 Å². The van der Waals surface area contributed by atoms with Gasteiger partial charge in [-0.2, -0.15) is 5.10 Å². The van der Waals surface area contributed by atoms with Crippen LogP contribution in [0.1, 0.15) is 0 Å². The number of nitrogen functional groups attached to an aromatic ring is 1. The van der Waals surface area contributed by atoms with E-state index in [1.54, 1.807) is 6.07 Å². The van der Waals surface area contributed by atoms with Gasteiger partial charge in [0, 0.05) is 11.1 Å². The molecule has 8 heteroatoms. The molecule has 3 nitrogen and oxygen atoms in total. The minimum Gasteiger partial charge on any atom is -0.382 e. The highest BCUT2D eigenvalue weighted by Crippen LogP contribution is 2.44. The summed E-state index contributed by atoms with van der Waals surface area (Å²) in [5, 5.41) is 7.25. The zero-order valence-electron chi connectivity index (χ0n) is 10.3. The van der Waals surface area contributed by atoms with Crippen molar-refractivity contribution in [1.82, 2.24) is 10.2 Å². The second-order valence-corrected chi connectivity index (χ2v) is 8.38. The number of benzene rings is 1. The quantitative estimate of drug-likeness (QED) is 0.525. The highest BCUT2D eigenvalue weighted by atomic mass is 79.9. The maximum absolute atomic E-state index is 13.2. The van der Waals surface area contributed by atoms with E-state index < -0.39 is 5.82 Å². The molecule has 108 valence electrons. The fourth-order valence-electron chi connectivity index (χ4n) is 2.03. The van der Waals surface area contributed by atoms with Crippen molar-refractivity contribution in [2.75, 3.05) is 5.73 Å². The molecule has 0 spiro atoms. The largest absolute Gasteiger partial charge is 0.382 e. The van der Waals surface area contributed by atoms with E-state index in [0.29, 0.717) is 16.9 Å². The van der Waals surface area contributed by atoms with Gasteiger partial charge >= 0.3 is 0 Å². The number of halogens is 4. The molecule has 0 aliphatic carbocycles. The highest BCUT2D eigenvalue weighted by molar-refractivity contribution is 9.12. The lowest BCUT2D eigenvalue weighted by Gasteiger charge is -2.06. The Bertz CT molecular complexity index is 831. The number of nitrogens with two attached hydrogens (primary N) is 1. The molecule has 0 bridgehead atoms. The summed E-state index contributed by atoms with van der Waals surface area (Å²) in [5.41, 5.74) is 8.89. The summed E-state index contributed by atoms with van der Waals surface area (Å²) in [6.45, 7) is 0. The molecule has 0 saturated heterocycles. The van der Waals surface area contributed by atoms with E-state index in [1.165, 1.54) is 23.5 Å². The van der Waals surface area contributed by atoms with Gasteiger partial charge in [0.15, 0.2) is 5.82 Å². The van der Waals surface area contributed by atoms with Crippen LogP contribution in [0.25, 0.3) is 22.4 Å². The van der Waals surface area contributed by atoms with Crippen LogP contribution in [0.3, 0.4) is 0 Å². The number of nitrogens with one attached hydrogen (secondary N) is 1. The molecule has 0 aliphatic heterocycles. The maximum atomic E-state index is 13.2. The summed E-state index contributed by atoms with van der Waals surface area (Å²) in [6.07, 6.45) is 0. The average Bonchev–Trinajstić information content (AvgIpc) is 2.93. The molecule has 3 rings (SSSR count). The SMILES string of the molecule is Nc1n[nH]c(-c2cc(Br)sc2Br)c1-c1ccc(F)cc1Cl. The Morgan fingerprint density at radius 1 is 1.24 bits per heavy atom. The zero-order chi connectivity index (χ0) is 15.1. The van der Waals surface area contributed by atoms with Gasteiger partial charge in [0.2, 0.25) is 0 Å². The molecule has 0 atom stereocenters. The summed E-state index contributed by atoms with van der Waals surface area (Å²) in [7, 11) is 0. The van der Waals surface area contributed by atoms with Gasteiger partial charge in [0.05, 0.1) is 23.9 Å². The molecule has 0 radical (unpaired) electrons. The predicted octanol–water partition coefficient (Wildman–Crippen LogP) is 5.70. The summed E-state index contributed by atoms with van der Waals surface area (Å²) in [5.74, 6) is -0.0837. The minimum atomic E-state index is -0.396. The lowest BCUT2D eigenvalue weighted by Crippen LogP contribution is -1.90. The molecule has 0 amide bonds. The fourth-order valence-corrected chi connectivity index (χ4v) is 5.11. The number of nitrogens with zero attached hydrogens (tertiary/aromatic N) is 1. The first-order valence-electron chi connectivity index (χ1n) is 5.72.